The van der Waals surface area contributed by atoms with Gasteiger partial charge in [-0.2, -0.15) is 8.78 Å². The predicted octanol–water partition coefficient (Wildman–Crippen LogP) is 4.01. The predicted molar refractivity (Wildman–Crippen MR) is 74.4 cm³/mol. The van der Waals surface area contributed by atoms with E-state index in [2.05, 4.69) is 0 Å². The van der Waals surface area contributed by atoms with Crippen molar-refractivity contribution in [1.29, 1.82) is 0 Å². The Morgan fingerprint density at radius 1 is 1.36 bits per heavy atom. The van der Waals surface area contributed by atoms with Gasteiger partial charge in [-0.15, -0.1) is 0 Å². The average Bonchev–Trinajstić information content (AvgIpc) is 2.43. The first-order chi connectivity index (χ1) is 10.2. The standard InChI is InChI=1S/C15H18F3NO3/c1-3-4-8-12(20)15(17,18)11-7-5-6-10(13(11)16)9(2)19-14(21)22/h5-7,9,19H,3-4,8H2,1-2H3,(H,21,22)/t9-/m1/s1. The molecule has 0 fully saturated rings. The van der Waals surface area contributed by atoms with Crippen LogP contribution in [0.2, 0.25) is 0 Å². The Hall–Kier alpha value is -2.05. The van der Waals surface area contributed by atoms with Gasteiger partial charge in [0, 0.05) is 12.0 Å². The summed E-state index contributed by atoms with van der Waals surface area (Å²) in [6, 6.07) is 2.20. The van der Waals surface area contributed by atoms with Gasteiger partial charge in [-0.3, -0.25) is 4.79 Å². The molecule has 0 saturated carbocycles. The van der Waals surface area contributed by atoms with Crippen LogP contribution in [0.3, 0.4) is 0 Å². The second kappa shape index (κ2) is 7.29. The molecule has 0 unspecified atom stereocenters. The summed E-state index contributed by atoms with van der Waals surface area (Å²) in [4.78, 5) is 22.2. The summed E-state index contributed by atoms with van der Waals surface area (Å²) in [6.07, 6.45) is -0.865. The van der Waals surface area contributed by atoms with Crippen molar-refractivity contribution < 1.29 is 27.9 Å². The maximum Gasteiger partial charge on any atom is 0.405 e. The molecule has 2 N–H and O–H groups in total. The number of hydrogen-bond acceptors (Lipinski definition) is 2. The number of halogens is 3. The third-order valence-electron chi connectivity index (χ3n) is 3.28. The minimum absolute atomic E-state index is 0.233. The number of benzene rings is 1. The highest BCUT2D eigenvalue weighted by molar-refractivity contribution is 5.87. The highest BCUT2D eigenvalue weighted by atomic mass is 19.3. The first-order valence-electron chi connectivity index (χ1n) is 6.91. The molecular formula is C15H18F3NO3. The summed E-state index contributed by atoms with van der Waals surface area (Å²) in [5.41, 5.74) is -1.26. The number of carbonyl (C=O) groups is 2. The van der Waals surface area contributed by atoms with Crippen LogP contribution in [0.25, 0.3) is 0 Å². The van der Waals surface area contributed by atoms with Crippen LogP contribution in [0.15, 0.2) is 18.2 Å². The van der Waals surface area contributed by atoms with Crippen molar-refractivity contribution in [2.75, 3.05) is 0 Å². The minimum atomic E-state index is -3.93. The largest absolute Gasteiger partial charge is 0.465 e. The quantitative estimate of drug-likeness (QED) is 0.798. The number of unbranched alkanes of at least 4 members (excludes halogenated alkanes) is 1. The molecule has 7 heteroatoms. The Morgan fingerprint density at radius 3 is 2.55 bits per heavy atom. The molecule has 0 aromatic heterocycles. The third-order valence-corrected chi connectivity index (χ3v) is 3.28. The summed E-state index contributed by atoms with van der Waals surface area (Å²) in [5.74, 6) is -6.54. The number of nitrogens with one attached hydrogen (secondary N) is 1. The zero-order chi connectivity index (χ0) is 16.9. The maximum absolute atomic E-state index is 14.3. The fourth-order valence-corrected chi connectivity index (χ4v) is 2.03. The van der Waals surface area contributed by atoms with Crippen molar-refractivity contribution in [3.05, 3.63) is 35.1 Å². The van der Waals surface area contributed by atoms with E-state index < -0.39 is 35.2 Å². The maximum atomic E-state index is 14.3. The van der Waals surface area contributed by atoms with Crippen LogP contribution in [-0.4, -0.2) is 17.0 Å². The van der Waals surface area contributed by atoms with Crippen molar-refractivity contribution in [2.45, 2.75) is 45.1 Å². The normalized spacial score (nSPS) is 12.8. The van der Waals surface area contributed by atoms with Gasteiger partial charge in [0.1, 0.15) is 5.82 Å². The van der Waals surface area contributed by atoms with Gasteiger partial charge in [-0.1, -0.05) is 25.5 Å². The molecule has 1 aromatic carbocycles. The molecule has 0 heterocycles. The summed E-state index contributed by atoms with van der Waals surface area (Å²) in [5, 5.41) is 10.6. The number of ketones is 1. The number of hydrogen-bond donors (Lipinski definition) is 2. The Morgan fingerprint density at radius 2 is 2.00 bits per heavy atom. The Labute approximate surface area is 126 Å². The second-order valence-electron chi connectivity index (χ2n) is 4.98. The van der Waals surface area contributed by atoms with Gasteiger partial charge in [-0.05, 0) is 19.4 Å². The van der Waals surface area contributed by atoms with Crippen LogP contribution in [0.5, 0.6) is 0 Å². The molecule has 1 aromatic rings. The molecule has 4 nitrogen and oxygen atoms in total. The zero-order valence-electron chi connectivity index (χ0n) is 12.3. The van der Waals surface area contributed by atoms with E-state index in [0.29, 0.717) is 12.8 Å². The molecule has 122 valence electrons. The average molecular weight is 317 g/mol. The van der Waals surface area contributed by atoms with Crippen LogP contribution >= 0.6 is 0 Å². The number of alkyl halides is 2. The number of amides is 1. The van der Waals surface area contributed by atoms with Crippen molar-refractivity contribution in [3.8, 4) is 0 Å². The molecule has 0 aliphatic heterocycles. The third kappa shape index (κ3) is 3.99. The van der Waals surface area contributed by atoms with Crippen molar-refractivity contribution in [1.82, 2.24) is 5.32 Å². The van der Waals surface area contributed by atoms with Gasteiger partial charge in [0.2, 0.25) is 5.78 Å². The number of carbonyl (C=O) groups excluding carboxylic acids is 1. The van der Waals surface area contributed by atoms with Gasteiger partial charge < -0.3 is 10.4 Å². The lowest BCUT2D eigenvalue weighted by molar-refractivity contribution is -0.145. The molecule has 1 rings (SSSR count). The Bertz CT molecular complexity index is 561. The highest BCUT2D eigenvalue weighted by Gasteiger charge is 2.42. The fraction of sp³-hybridized carbons (Fsp3) is 0.467. The molecule has 22 heavy (non-hydrogen) atoms. The second-order valence-corrected chi connectivity index (χ2v) is 4.98. The zero-order valence-corrected chi connectivity index (χ0v) is 12.3. The topological polar surface area (TPSA) is 66.4 Å². The molecule has 0 saturated heterocycles. The molecule has 0 aliphatic carbocycles. The van der Waals surface area contributed by atoms with Crippen LogP contribution in [-0.2, 0) is 10.7 Å². The summed E-state index contributed by atoms with van der Waals surface area (Å²) in [7, 11) is 0. The first-order valence-corrected chi connectivity index (χ1v) is 6.91. The highest BCUT2D eigenvalue weighted by Crippen LogP contribution is 2.35. The van der Waals surface area contributed by atoms with E-state index in [1.54, 1.807) is 6.92 Å². The molecule has 0 bridgehead atoms. The number of rotatable bonds is 7. The van der Waals surface area contributed by atoms with E-state index in [9.17, 15) is 22.8 Å². The monoisotopic (exact) mass is 317 g/mol. The Balaban J connectivity index is 3.15. The lowest BCUT2D eigenvalue weighted by Gasteiger charge is -2.19. The Kier molecular flexibility index (Phi) is 5.96. The van der Waals surface area contributed by atoms with Gasteiger partial charge in [0.25, 0.3) is 0 Å². The molecule has 1 amide bonds. The van der Waals surface area contributed by atoms with Crippen LogP contribution in [0.4, 0.5) is 18.0 Å². The van der Waals surface area contributed by atoms with Crippen molar-refractivity contribution in [3.63, 3.8) is 0 Å². The molecular weight excluding hydrogens is 299 g/mol. The SMILES string of the molecule is CCCCC(=O)C(F)(F)c1cccc([C@@H](C)NC(=O)O)c1F. The van der Waals surface area contributed by atoms with E-state index in [1.807, 2.05) is 5.32 Å². The number of Topliss-reactive ketones (excluding diaryl/α,β-unsaturated/α-hetero) is 1. The van der Waals surface area contributed by atoms with Crippen LogP contribution in [0, 0.1) is 5.82 Å². The first kappa shape index (κ1) is 18.0. The smallest absolute Gasteiger partial charge is 0.405 e. The van der Waals surface area contributed by atoms with E-state index in [0.717, 1.165) is 6.07 Å². The molecule has 0 radical (unpaired) electrons. The van der Waals surface area contributed by atoms with E-state index in [-0.39, 0.29) is 12.0 Å². The van der Waals surface area contributed by atoms with Crippen molar-refractivity contribution in [2.24, 2.45) is 0 Å². The van der Waals surface area contributed by atoms with E-state index >= 15 is 0 Å². The minimum Gasteiger partial charge on any atom is -0.465 e. The molecule has 0 aliphatic rings. The van der Waals surface area contributed by atoms with E-state index in [4.69, 9.17) is 5.11 Å². The lowest BCUT2D eigenvalue weighted by Crippen LogP contribution is -2.29. The van der Waals surface area contributed by atoms with Gasteiger partial charge in [-0.25, -0.2) is 9.18 Å². The summed E-state index contributed by atoms with van der Waals surface area (Å²) < 4.78 is 42.5. The summed E-state index contributed by atoms with van der Waals surface area (Å²) in [6.45, 7) is 3.08. The van der Waals surface area contributed by atoms with Crippen LogP contribution < -0.4 is 5.32 Å². The summed E-state index contributed by atoms with van der Waals surface area (Å²) >= 11 is 0. The van der Waals surface area contributed by atoms with Gasteiger partial charge >= 0.3 is 12.0 Å². The lowest BCUT2D eigenvalue weighted by atomic mass is 9.96. The van der Waals surface area contributed by atoms with Crippen LogP contribution in [0.1, 0.15) is 50.3 Å². The molecule has 1 atom stereocenters. The number of carboxylic acid groups (broad SMARTS) is 1. The molecule has 0 spiro atoms. The van der Waals surface area contributed by atoms with Gasteiger partial charge in [0.15, 0.2) is 0 Å². The van der Waals surface area contributed by atoms with Gasteiger partial charge in [0.05, 0.1) is 11.6 Å². The van der Waals surface area contributed by atoms with Crippen molar-refractivity contribution >= 4 is 11.9 Å². The van der Waals surface area contributed by atoms with E-state index in [1.165, 1.54) is 19.1 Å². The fourth-order valence-electron chi connectivity index (χ4n) is 2.03.